The Balaban J connectivity index is 1.66. The van der Waals surface area contributed by atoms with Gasteiger partial charge < -0.3 is 15.7 Å². The van der Waals surface area contributed by atoms with Gasteiger partial charge in [0.1, 0.15) is 11.6 Å². The number of nitrogen functional groups attached to an aromatic ring is 1. The maximum absolute atomic E-state index is 6.14. The predicted octanol–water partition coefficient (Wildman–Crippen LogP) is 4.36. The molecule has 120 valence electrons. The second-order valence-corrected chi connectivity index (χ2v) is 6.05. The van der Waals surface area contributed by atoms with Crippen LogP contribution in [0.15, 0.2) is 66.7 Å². The highest BCUT2D eigenvalue weighted by molar-refractivity contribution is 5.83. The van der Waals surface area contributed by atoms with E-state index in [4.69, 9.17) is 5.73 Å². The zero-order chi connectivity index (χ0) is 16.8. The van der Waals surface area contributed by atoms with Crippen molar-refractivity contribution in [2.75, 3.05) is 5.73 Å². The number of aromatic amines is 2. The number of H-pyrrole nitrogens is 2. The first-order valence-corrected chi connectivity index (χ1v) is 8.07. The van der Waals surface area contributed by atoms with E-state index < -0.39 is 0 Å². The highest BCUT2D eigenvalue weighted by Gasteiger charge is 2.10. The number of para-hydroxylation sites is 4. The Morgan fingerprint density at radius 1 is 0.640 bits per heavy atom. The number of fused-ring (bicyclic) bond motifs is 2. The van der Waals surface area contributed by atoms with Crippen LogP contribution in [0.1, 0.15) is 0 Å². The lowest BCUT2D eigenvalue weighted by Crippen LogP contribution is -1.90. The number of nitrogens with zero attached hydrogens (tertiary/aromatic N) is 2. The van der Waals surface area contributed by atoms with Crippen molar-refractivity contribution < 1.29 is 0 Å². The molecule has 0 atom stereocenters. The maximum atomic E-state index is 6.14. The number of hydrogen-bond acceptors (Lipinski definition) is 3. The first-order chi connectivity index (χ1) is 12.3. The Morgan fingerprint density at radius 2 is 1.12 bits per heavy atom. The van der Waals surface area contributed by atoms with E-state index in [1.807, 2.05) is 66.7 Å². The van der Waals surface area contributed by atoms with Crippen LogP contribution in [0.2, 0.25) is 0 Å². The Labute approximate surface area is 143 Å². The van der Waals surface area contributed by atoms with Crippen LogP contribution in [0.3, 0.4) is 0 Å². The summed E-state index contributed by atoms with van der Waals surface area (Å²) in [6.07, 6.45) is 0. The van der Waals surface area contributed by atoms with E-state index >= 15 is 0 Å². The van der Waals surface area contributed by atoms with Gasteiger partial charge in [-0.1, -0.05) is 24.3 Å². The van der Waals surface area contributed by atoms with E-state index in [1.54, 1.807) is 0 Å². The number of benzene rings is 3. The van der Waals surface area contributed by atoms with Crippen molar-refractivity contribution in [2.24, 2.45) is 0 Å². The third-order valence-corrected chi connectivity index (χ3v) is 4.28. The van der Waals surface area contributed by atoms with Gasteiger partial charge in [0, 0.05) is 16.8 Å². The molecule has 0 aliphatic carbocycles. The molecule has 5 aromatic rings. The largest absolute Gasteiger partial charge is 0.399 e. The number of nitrogens with one attached hydrogen (secondary N) is 2. The molecule has 0 amide bonds. The first kappa shape index (κ1) is 13.8. The van der Waals surface area contributed by atoms with Crippen molar-refractivity contribution >= 4 is 27.8 Å². The summed E-state index contributed by atoms with van der Waals surface area (Å²) < 4.78 is 0. The van der Waals surface area contributed by atoms with E-state index in [2.05, 4.69) is 19.9 Å². The fourth-order valence-corrected chi connectivity index (χ4v) is 3.10. The van der Waals surface area contributed by atoms with Gasteiger partial charge >= 0.3 is 0 Å². The molecular weight excluding hydrogens is 310 g/mol. The average molecular weight is 325 g/mol. The van der Waals surface area contributed by atoms with Gasteiger partial charge in [-0.2, -0.15) is 0 Å². The third-order valence-electron chi connectivity index (χ3n) is 4.28. The molecule has 0 saturated heterocycles. The molecule has 0 fully saturated rings. The van der Waals surface area contributed by atoms with Crippen LogP contribution in [0, 0.1) is 0 Å². The number of hydrogen-bond donors (Lipinski definition) is 3. The molecule has 0 unspecified atom stereocenters. The zero-order valence-electron chi connectivity index (χ0n) is 13.3. The highest BCUT2D eigenvalue weighted by atomic mass is 14.9. The molecule has 4 N–H and O–H groups in total. The first-order valence-electron chi connectivity index (χ1n) is 8.07. The molecular formula is C20H15N5. The summed E-state index contributed by atoms with van der Waals surface area (Å²) in [5, 5.41) is 0. The minimum atomic E-state index is 0.674. The van der Waals surface area contributed by atoms with Crippen molar-refractivity contribution in [1.29, 1.82) is 0 Å². The summed E-state index contributed by atoms with van der Waals surface area (Å²) in [7, 11) is 0. The van der Waals surface area contributed by atoms with E-state index in [1.165, 1.54) is 0 Å². The van der Waals surface area contributed by atoms with Gasteiger partial charge in [0.2, 0.25) is 0 Å². The molecule has 2 heterocycles. The lowest BCUT2D eigenvalue weighted by molar-refractivity contribution is 1.31. The van der Waals surface area contributed by atoms with E-state index in [0.717, 1.165) is 44.8 Å². The number of aromatic nitrogens is 4. The molecule has 0 bridgehead atoms. The monoisotopic (exact) mass is 325 g/mol. The fraction of sp³-hybridized carbons (Fsp3) is 0. The Kier molecular flexibility index (Phi) is 2.87. The Morgan fingerprint density at radius 3 is 1.60 bits per heavy atom. The van der Waals surface area contributed by atoms with Crippen molar-refractivity contribution in [3.05, 3.63) is 66.7 Å². The van der Waals surface area contributed by atoms with Crippen LogP contribution in [-0.4, -0.2) is 19.9 Å². The molecule has 0 saturated carbocycles. The van der Waals surface area contributed by atoms with Gasteiger partial charge in [-0.25, -0.2) is 9.97 Å². The lowest BCUT2D eigenvalue weighted by Gasteiger charge is -2.04. The molecule has 2 aromatic heterocycles. The van der Waals surface area contributed by atoms with Crippen LogP contribution in [-0.2, 0) is 0 Å². The summed E-state index contributed by atoms with van der Waals surface area (Å²) in [6, 6.07) is 21.8. The smallest absolute Gasteiger partial charge is 0.138 e. The zero-order valence-corrected chi connectivity index (χ0v) is 13.3. The minimum Gasteiger partial charge on any atom is -0.399 e. The highest BCUT2D eigenvalue weighted by Crippen LogP contribution is 2.29. The van der Waals surface area contributed by atoms with Crippen molar-refractivity contribution in [1.82, 2.24) is 19.9 Å². The van der Waals surface area contributed by atoms with E-state index in [0.29, 0.717) is 5.69 Å². The predicted molar refractivity (Wildman–Crippen MR) is 101 cm³/mol. The number of rotatable bonds is 2. The van der Waals surface area contributed by atoms with Crippen LogP contribution in [0.4, 0.5) is 5.69 Å². The number of anilines is 1. The Hall–Kier alpha value is -3.60. The normalized spacial score (nSPS) is 11.4. The quantitative estimate of drug-likeness (QED) is 0.422. The topological polar surface area (TPSA) is 83.4 Å². The van der Waals surface area contributed by atoms with Crippen molar-refractivity contribution in [2.45, 2.75) is 0 Å². The van der Waals surface area contributed by atoms with E-state index in [-0.39, 0.29) is 0 Å². The molecule has 0 aliphatic heterocycles. The van der Waals surface area contributed by atoms with Crippen LogP contribution in [0.25, 0.3) is 44.8 Å². The molecule has 3 aromatic carbocycles. The Bertz CT molecular complexity index is 1060. The molecule has 5 rings (SSSR count). The maximum Gasteiger partial charge on any atom is 0.138 e. The standard InChI is InChI=1S/C20H15N5/c21-14-10-12(19-22-15-5-1-2-6-16(15)23-19)9-13(11-14)20-24-17-7-3-4-8-18(17)25-20/h1-11H,21H2,(H,22,23)(H,24,25). The van der Waals surface area contributed by atoms with Gasteiger partial charge in [-0.3, -0.25) is 0 Å². The summed E-state index contributed by atoms with van der Waals surface area (Å²) in [6.45, 7) is 0. The molecule has 5 nitrogen and oxygen atoms in total. The second-order valence-electron chi connectivity index (χ2n) is 6.05. The summed E-state index contributed by atoms with van der Waals surface area (Å²) in [5.41, 5.74) is 12.6. The summed E-state index contributed by atoms with van der Waals surface area (Å²) in [4.78, 5) is 16.0. The van der Waals surface area contributed by atoms with E-state index in [9.17, 15) is 0 Å². The summed E-state index contributed by atoms with van der Waals surface area (Å²) >= 11 is 0. The van der Waals surface area contributed by atoms with Crippen molar-refractivity contribution in [3.63, 3.8) is 0 Å². The fourth-order valence-electron chi connectivity index (χ4n) is 3.10. The van der Waals surface area contributed by atoms with Gasteiger partial charge in [0.05, 0.1) is 22.1 Å². The number of imidazole rings is 2. The van der Waals surface area contributed by atoms with Gasteiger partial charge in [-0.15, -0.1) is 0 Å². The summed E-state index contributed by atoms with van der Waals surface area (Å²) in [5.74, 6) is 1.59. The van der Waals surface area contributed by atoms with Crippen LogP contribution in [0.5, 0.6) is 0 Å². The number of nitrogens with two attached hydrogens (primary N) is 1. The molecule has 25 heavy (non-hydrogen) atoms. The average Bonchev–Trinajstić information content (AvgIpc) is 3.25. The molecule has 5 heteroatoms. The minimum absolute atomic E-state index is 0.674. The van der Waals surface area contributed by atoms with Crippen LogP contribution < -0.4 is 5.73 Å². The van der Waals surface area contributed by atoms with Gasteiger partial charge in [0.15, 0.2) is 0 Å². The molecule has 0 spiro atoms. The lowest BCUT2D eigenvalue weighted by atomic mass is 10.1. The molecule has 0 aliphatic rings. The van der Waals surface area contributed by atoms with Gasteiger partial charge in [-0.05, 0) is 42.5 Å². The van der Waals surface area contributed by atoms with Crippen LogP contribution >= 0.6 is 0 Å². The van der Waals surface area contributed by atoms with Gasteiger partial charge in [0.25, 0.3) is 0 Å². The second kappa shape index (κ2) is 5.21. The van der Waals surface area contributed by atoms with Crippen molar-refractivity contribution in [3.8, 4) is 22.8 Å². The SMILES string of the molecule is Nc1cc(-c2nc3ccccc3[nH]2)cc(-c2nc3ccccc3[nH]2)c1. The third kappa shape index (κ3) is 2.33. The molecule has 0 radical (unpaired) electrons.